The lowest BCUT2D eigenvalue weighted by molar-refractivity contribution is -0.386. The number of hydrogen-bond acceptors (Lipinski definition) is 5. The fraction of sp³-hybridized carbons (Fsp3) is 0. The van der Waals surface area contributed by atoms with E-state index in [4.69, 9.17) is 0 Å². The van der Waals surface area contributed by atoms with E-state index >= 15 is 0 Å². The van der Waals surface area contributed by atoms with Crippen LogP contribution in [0.4, 0.5) is 5.69 Å². The second-order valence-corrected chi connectivity index (χ2v) is 5.21. The average Bonchev–Trinajstić information content (AvgIpc) is 2.38. The summed E-state index contributed by atoms with van der Waals surface area (Å²) in [6, 6.07) is 4.80. The Morgan fingerprint density at radius 2 is 1.95 bits per heavy atom. The molecule has 1 aromatic carbocycles. The van der Waals surface area contributed by atoms with Crippen LogP contribution in [-0.4, -0.2) is 20.0 Å². The summed E-state index contributed by atoms with van der Waals surface area (Å²) in [7, 11) is 0. The molecule has 9 heteroatoms. The minimum absolute atomic E-state index is 0.0264. The molecule has 0 aliphatic rings. The number of aromatic nitrogens is 2. The Morgan fingerprint density at radius 3 is 2.62 bits per heavy atom. The minimum atomic E-state index is -1.09. The molecule has 0 unspecified atom stereocenters. The number of benzene rings is 1. The zero-order chi connectivity index (χ0) is 15.6. The molecule has 3 N–H and O–H groups in total. The molecule has 0 aliphatic carbocycles. The number of nitro groups is 1. The zero-order valence-corrected chi connectivity index (χ0v) is 12.4. The second-order valence-electron chi connectivity index (χ2n) is 3.96. The Kier molecular flexibility index (Phi) is 4.21. The van der Waals surface area contributed by atoms with E-state index < -0.39 is 21.9 Å². The number of rotatable bonds is 3. The largest absolute Gasteiger partial charge is 0.507 e. The first-order valence-corrected chi connectivity index (χ1v) is 6.64. The lowest BCUT2D eigenvalue weighted by Gasteiger charge is -2.00. The van der Waals surface area contributed by atoms with E-state index in [2.05, 4.69) is 4.98 Å². The molecule has 2 aromatic rings. The molecular formula is C12H8IN3O5. The SMILES string of the molecule is O=c1[nH]c(/C=C/c2cc(I)ccc2O)c([N+](=O)[O-])c(=O)[nH]1. The van der Waals surface area contributed by atoms with Gasteiger partial charge in [-0.25, -0.2) is 4.79 Å². The Labute approximate surface area is 130 Å². The van der Waals surface area contributed by atoms with Gasteiger partial charge in [-0.3, -0.25) is 19.9 Å². The van der Waals surface area contributed by atoms with Crippen LogP contribution in [0.15, 0.2) is 27.8 Å². The highest BCUT2D eigenvalue weighted by Gasteiger charge is 2.18. The van der Waals surface area contributed by atoms with Crippen molar-refractivity contribution in [1.82, 2.24) is 9.97 Å². The van der Waals surface area contributed by atoms with Crippen LogP contribution in [0.2, 0.25) is 0 Å². The lowest BCUT2D eigenvalue weighted by atomic mass is 10.1. The Hall–Kier alpha value is -2.43. The number of nitrogens with one attached hydrogen (secondary N) is 2. The first kappa shape index (κ1) is 15.0. The number of aromatic hydroxyl groups is 1. The van der Waals surface area contributed by atoms with Crippen LogP contribution in [0.1, 0.15) is 11.3 Å². The molecule has 0 saturated heterocycles. The maximum absolute atomic E-state index is 11.4. The van der Waals surface area contributed by atoms with Gasteiger partial charge in [0.05, 0.1) is 4.92 Å². The van der Waals surface area contributed by atoms with Crippen molar-refractivity contribution < 1.29 is 10.0 Å². The Balaban J connectivity index is 2.55. The van der Waals surface area contributed by atoms with Gasteiger partial charge in [0.2, 0.25) is 0 Å². The third-order valence-corrected chi connectivity index (χ3v) is 3.22. The van der Waals surface area contributed by atoms with Crippen LogP contribution in [0.25, 0.3) is 12.2 Å². The van der Waals surface area contributed by atoms with Crippen molar-refractivity contribution in [1.29, 1.82) is 0 Å². The summed E-state index contributed by atoms with van der Waals surface area (Å²) in [5.74, 6) is -0.0264. The highest BCUT2D eigenvalue weighted by atomic mass is 127. The van der Waals surface area contributed by atoms with Crippen molar-refractivity contribution >= 4 is 40.4 Å². The molecule has 0 atom stereocenters. The van der Waals surface area contributed by atoms with Crippen LogP contribution in [0, 0.1) is 13.7 Å². The molecule has 0 fully saturated rings. The van der Waals surface area contributed by atoms with Gasteiger partial charge in [-0.2, -0.15) is 0 Å². The molecule has 21 heavy (non-hydrogen) atoms. The zero-order valence-electron chi connectivity index (χ0n) is 10.3. The average molecular weight is 401 g/mol. The highest BCUT2D eigenvalue weighted by Crippen LogP contribution is 2.22. The molecule has 0 radical (unpaired) electrons. The standard InChI is InChI=1S/C12H8IN3O5/c13-7-2-4-9(17)6(5-7)1-3-8-10(16(20)21)11(18)15-12(19)14-8/h1-5,17H,(H2,14,15,18,19)/b3-1+. The molecule has 8 nitrogen and oxygen atoms in total. The highest BCUT2D eigenvalue weighted by molar-refractivity contribution is 14.1. The van der Waals surface area contributed by atoms with Crippen molar-refractivity contribution in [2.24, 2.45) is 0 Å². The first-order chi connectivity index (χ1) is 9.88. The summed E-state index contributed by atoms with van der Waals surface area (Å²) in [5.41, 5.74) is -2.55. The van der Waals surface area contributed by atoms with Crippen molar-refractivity contribution in [3.05, 3.63) is 64.0 Å². The van der Waals surface area contributed by atoms with Gasteiger partial charge in [-0.05, 0) is 52.9 Å². The summed E-state index contributed by atoms with van der Waals surface area (Å²) < 4.78 is 0.846. The Morgan fingerprint density at radius 1 is 1.24 bits per heavy atom. The van der Waals surface area contributed by atoms with Gasteiger partial charge in [0, 0.05) is 9.13 Å². The quantitative estimate of drug-likeness (QED) is 0.407. The van der Waals surface area contributed by atoms with Crippen LogP contribution in [-0.2, 0) is 0 Å². The molecule has 1 heterocycles. The van der Waals surface area contributed by atoms with E-state index in [1.807, 2.05) is 22.6 Å². The topological polar surface area (TPSA) is 129 Å². The molecule has 0 aliphatic heterocycles. The minimum Gasteiger partial charge on any atom is -0.507 e. The molecule has 2 rings (SSSR count). The molecule has 0 amide bonds. The molecule has 0 spiro atoms. The predicted octanol–water partition coefficient (Wildman–Crippen LogP) is 1.45. The number of aromatic amines is 2. The summed E-state index contributed by atoms with van der Waals surface area (Å²) in [6.07, 6.45) is 2.56. The second kappa shape index (κ2) is 5.91. The maximum Gasteiger partial charge on any atom is 0.357 e. The van der Waals surface area contributed by atoms with Crippen molar-refractivity contribution in [2.75, 3.05) is 0 Å². The number of phenolic OH excluding ortho intramolecular Hbond substituents is 1. The molecular weight excluding hydrogens is 393 g/mol. The fourth-order valence-electron chi connectivity index (χ4n) is 1.63. The van der Waals surface area contributed by atoms with Crippen LogP contribution in [0.3, 0.4) is 0 Å². The predicted molar refractivity (Wildman–Crippen MR) is 84.1 cm³/mol. The van der Waals surface area contributed by atoms with Gasteiger partial charge in [0.25, 0.3) is 0 Å². The van der Waals surface area contributed by atoms with Gasteiger partial charge >= 0.3 is 16.9 Å². The smallest absolute Gasteiger partial charge is 0.357 e. The molecule has 0 saturated carbocycles. The molecule has 1 aromatic heterocycles. The van der Waals surface area contributed by atoms with Crippen LogP contribution in [0.5, 0.6) is 5.75 Å². The van der Waals surface area contributed by atoms with E-state index in [1.54, 1.807) is 17.1 Å². The lowest BCUT2D eigenvalue weighted by Crippen LogP contribution is -2.25. The van der Waals surface area contributed by atoms with Crippen LogP contribution < -0.4 is 11.2 Å². The number of hydrogen-bond donors (Lipinski definition) is 3. The summed E-state index contributed by atoms with van der Waals surface area (Å²) >= 11 is 2.04. The Bertz CT molecular complexity index is 853. The normalized spacial score (nSPS) is 10.9. The van der Waals surface area contributed by atoms with Crippen molar-refractivity contribution in [2.45, 2.75) is 0 Å². The van der Waals surface area contributed by atoms with Crippen molar-refractivity contribution in [3.63, 3.8) is 0 Å². The van der Waals surface area contributed by atoms with Crippen LogP contribution >= 0.6 is 22.6 Å². The van der Waals surface area contributed by atoms with Gasteiger partial charge in [-0.15, -0.1) is 0 Å². The van der Waals surface area contributed by atoms with E-state index in [0.29, 0.717) is 5.56 Å². The number of nitrogens with zero attached hydrogens (tertiary/aromatic N) is 1. The van der Waals surface area contributed by atoms with E-state index in [9.17, 15) is 24.8 Å². The van der Waals surface area contributed by atoms with E-state index in [0.717, 1.165) is 3.57 Å². The maximum atomic E-state index is 11.4. The fourth-order valence-corrected chi connectivity index (χ4v) is 2.15. The van der Waals surface area contributed by atoms with E-state index in [-0.39, 0.29) is 11.4 Å². The molecule has 108 valence electrons. The van der Waals surface area contributed by atoms with Gasteiger partial charge < -0.3 is 10.1 Å². The monoisotopic (exact) mass is 401 g/mol. The number of H-pyrrole nitrogens is 2. The summed E-state index contributed by atoms with van der Waals surface area (Å²) in [4.78, 5) is 36.6. The number of phenols is 1. The van der Waals surface area contributed by atoms with Crippen molar-refractivity contribution in [3.8, 4) is 5.75 Å². The molecule has 0 bridgehead atoms. The first-order valence-electron chi connectivity index (χ1n) is 5.56. The van der Waals surface area contributed by atoms with Gasteiger partial charge in [0.1, 0.15) is 11.4 Å². The van der Waals surface area contributed by atoms with Gasteiger partial charge in [-0.1, -0.05) is 0 Å². The summed E-state index contributed by atoms with van der Waals surface area (Å²) in [5, 5.41) is 20.5. The number of halogens is 1. The third-order valence-electron chi connectivity index (χ3n) is 2.55. The van der Waals surface area contributed by atoms with E-state index in [1.165, 1.54) is 18.2 Å². The summed E-state index contributed by atoms with van der Waals surface area (Å²) in [6.45, 7) is 0. The van der Waals surface area contributed by atoms with Gasteiger partial charge in [0.15, 0.2) is 0 Å². The third kappa shape index (κ3) is 3.37.